The zero-order chi connectivity index (χ0) is 28.4. The summed E-state index contributed by atoms with van der Waals surface area (Å²) in [6, 6.07) is 4.56. The molecule has 5 nitrogen and oxygen atoms in total. The molecule has 1 amide bonds. The normalized spacial score (nSPS) is 12.8. The number of hydrogen-bond acceptors (Lipinski definition) is 4. The van der Waals surface area contributed by atoms with Crippen LogP contribution in [0.25, 0.3) is 0 Å². The van der Waals surface area contributed by atoms with Gasteiger partial charge < -0.3 is 10.1 Å². The molecule has 0 aliphatic rings. The molecule has 204 valence electrons. The summed E-state index contributed by atoms with van der Waals surface area (Å²) in [7, 11) is 1.16. The van der Waals surface area contributed by atoms with Gasteiger partial charge in [-0.15, -0.1) is 0 Å². The van der Waals surface area contributed by atoms with Crippen molar-refractivity contribution in [1.82, 2.24) is 0 Å². The molecule has 37 heavy (non-hydrogen) atoms. The Morgan fingerprint density at radius 2 is 1.51 bits per heavy atom. The van der Waals surface area contributed by atoms with Crippen LogP contribution in [-0.4, -0.2) is 37.9 Å². The second-order valence-corrected chi connectivity index (χ2v) is 8.27. The number of rotatable bonds is 7. The highest BCUT2D eigenvalue weighted by Gasteiger charge is 2.73. The molecule has 0 aliphatic heterocycles. The van der Waals surface area contributed by atoms with E-state index in [1.54, 1.807) is 0 Å². The largest absolute Gasteiger partial charge is 0.469 e. The van der Waals surface area contributed by atoms with Crippen LogP contribution in [0.15, 0.2) is 42.5 Å². The summed E-state index contributed by atoms with van der Waals surface area (Å²) in [4.78, 5) is 24.0. The van der Waals surface area contributed by atoms with Crippen molar-refractivity contribution >= 4 is 46.1 Å². The van der Waals surface area contributed by atoms with Gasteiger partial charge in [-0.2, -0.15) is 39.5 Å². The van der Waals surface area contributed by atoms with Crippen molar-refractivity contribution in [3.63, 3.8) is 0 Å². The highest BCUT2D eigenvalue weighted by molar-refractivity contribution is 14.1. The predicted octanol–water partition coefficient (Wildman–Crippen LogP) is 6.97. The summed E-state index contributed by atoms with van der Waals surface area (Å²) in [5.74, 6) is -1.68. The number of methoxy groups -OCH3 is 1. The van der Waals surface area contributed by atoms with Gasteiger partial charge in [0.25, 0.3) is 5.91 Å². The van der Waals surface area contributed by atoms with Gasteiger partial charge in [0, 0.05) is 23.4 Å². The van der Waals surface area contributed by atoms with Crippen LogP contribution in [0.4, 0.5) is 55.3 Å². The number of amides is 1. The predicted molar refractivity (Wildman–Crippen MR) is 119 cm³/mol. The number of halogens is 11. The molecule has 16 heteroatoms. The number of benzene rings is 2. The van der Waals surface area contributed by atoms with Crippen molar-refractivity contribution in [3.8, 4) is 0 Å². The van der Waals surface area contributed by atoms with Crippen LogP contribution in [-0.2, 0) is 21.4 Å². The molecule has 2 aromatic carbocycles. The van der Waals surface area contributed by atoms with E-state index in [4.69, 9.17) is 0 Å². The Kier molecular flexibility index (Phi) is 8.97. The zero-order valence-electron chi connectivity index (χ0n) is 18.3. The molecule has 2 rings (SSSR count). The van der Waals surface area contributed by atoms with Crippen LogP contribution in [0.1, 0.15) is 27.9 Å². The molecule has 0 saturated heterocycles. The Hall–Kier alpha value is -2.79. The second-order valence-electron chi connectivity index (χ2n) is 7.30. The number of carbonyl (C=O) groups excluding carboxylic acids is 2. The van der Waals surface area contributed by atoms with Crippen LogP contribution in [0.5, 0.6) is 0 Å². The van der Waals surface area contributed by atoms with E-state index in [2.05, 4.69) is 10.1 Å². The lowest BCUT2D eigenvalue weighted by Gasteiger charge is -2.31. The van der Waals surface area contributed by atoms with Crippen molar-refractivity contribution in [1.29, 1.82) is 0 Å². The summed E-state index contributed by atoms with van der Waals surface area (Å²) >= 11 is 1.09. The van der Waals surface area contributed by atoms with Gasteiger partial charge in [-0.25, -0.2) is 7.50 Å². The number of alkyl halides is 10. The molecule has 0 fully saturated rings. The maximum Gasteiger partial charge on any atom is 0.435 e. The first-order valence-electron chi connectivity index (χ1n) is 9.79. The van der Waals surface area contributed by atoms with Gasteiger partial charge in [-0.1, -0.05) is 12.1 Å². The molecule has 0 aliphatic carbocycles. The van der Waals surface area contributed by atoms with Gasteiger partial charge >= 0.3 is 30.2 Å². The average molecular weight is 660 g/mol. The van der Waals surface area contributed by atoms with E-state index >= 15 is 0 Å². The molecule has 0 heterocycles. The minimum atomic E-state index is -6.63. The second kappa shape index (κ2) is 10.9. The Morgan fingerprint density at radius 3 is 2.03 bits per heavy atom. The van der Waals surface area contributed by atoms with E-state index in [-0.39, 0.29) is 36.3 Å². The minimum absolute atomic E-state index is 0.0553. The first kappa shape index (κ1) is 30.4. The van der Waals surface area contributed by atoms with E-state index in [9.17, 15) is 53.5 Å². The number of hydrogen-bond donors (Lipinski definition) is 1. The van der Waals surface area contributed by atoms with Gasteiger partial charge in [-0.3, -0.25) is 9.59 Å². The fourth-order valence-corrected chi connectivity index (χ4v) is 3.73. The minimum Gasteiger partial charge on any atom is -0.469 e. The standard InChI is InChI=1S/C21H15F10IN2O3/c1-37-16(35)7-8-33-13-4-2-3-11(9-13)17(36)34(32)15-6-5-12(10-14(15)19(23,24)25)18(22,20(26,27)28)21(29,30)31/h2-6,9-10,33H,7-8H2,1H3. The van der Waals surface area contributed by atoms with Crippen molar-refractivity contribution < 1.29 is 58.2 Å². The SMILES string of the molecule is COC(=O)CCNc1cccc(C(=O)N(I)c2ccc(C(F)(C(F)(F)F)C(F)(F)F)cc2C(F)(F)F)c1. The Balaban J connectivity index is 2.49. The number of esters is 1. The van der Waals surface area contributed by atoms with E-state index in [0.29, 0.717) is 3.11 Å². The fraction of sp³-hybridized carbons (Fsp3) is 0.333. The molecule has 0 unspecified atom stereocenters. The van der Waals surface area contributed by atoms with Crippen molar-refractivity contribution in [2.75, 3.05) is 22.1 Å². The lowest BCUT2D eigenvalue weighted by Crippen LogP contribution is -2.50. The monoisotopic (exact) mass is 660 g/mol. The highest BCUT2D eigenvalue weighted by atomic mass is 127. The van der Waals surface area contributed by atoms with E-state index < -0.39 is 59.0 Å². The molecule has 0 radical (unpaired) electrons. The number of ether oxygens (including phenoxy) is 1. The lowest BCUT2D eigenvalue weighted by atomic mass is 9.92. The van der Waals surface area contributed by atoms with E-state index in [1.165, 1.54) is 24.3 Å². The molecule has 0 spiro atoms. The summed E-state index contributed by atoms with van der Waals surface area (Å²) in [5, 5.41) is 2.76. The van der Waals surface area contributed by atoms with Crippen LogP contribution < -0.4 is 8.43 Å². The van der Waals surface area contributed by atoms with Crippen LogP contribution >= 0.6 is 22.9 Å². The zero-order valence-corrected chi connectivity index (χ0v) is 20.4. The first-order valence-corrected chi connectivity index (χ1v) is 10.8. The Labute approximate surface area is 216 Å². The fourth-order valence-electron chi connectivity index (χ4n) is 3.03. The van der Waals surface area contributed by atoms with E-state index in [0.717, 1.165) is 30.0 Å². The van der Waals surface area contributed by atoms with Crippen LogP contribution in [0.2, 0.25) is 0 Å². The topological polar surface area (TPSA) is 58.6 Å². The Morgan fingerprint density at radius 1 is 0.919 bits per heavy atom. The molecule has 0 atom stereocenters. The van der Waals surface area contributed by atoms with Gasteiger partial charge in [0.1, 0.15) is 0 Å². The number of anilines is 2. The summed E-state index contributed by atoms with van der Waals surface area (Å²) in [6.07, 6.45) is -18.9. The smallest absolute Gasteiger partial charge is 0.435 e. The average Bonchev–Trinajstić information content (AvgIpc) is 2.80. The van der Waals surface area contributed by atoms with Gasteiger partial charge in [0.2, 0.25) is 0 Å². The van der Waals surface area contributed by atoms with Crippen molar-refractivity contribution in [2.24, 2.45) is 0 Å². The number of nitrogens with zero attached hydrogens (tertiary/aromatic N) is 1. The third-order valence-electron chi connectivity index (χ3n) is 4.87. The molecule has 0 saturated carbocycles. The third-order valence-corrected chi connectivity index (χ3v) is 5.82. The molecule has 0 aromatic heterocycles. The Bertz CT molecular complexity index is 1130. The molecular formula is C21H15F10IN2O3. The first-order chi connectivity index (χ1) is 16.8. The highest BCUT2D eigenvalue weighted by Crippen LogP contribution is 2.54. The maximum absolute atomic E-state index is 14.3. The molecule has 1 N–H and O–H groups in total. The quantitative estimate of drug-likeness (QED) is 0.151. The van der Waals surface area contributed by atoms with Crippen molar-refractivity contribution in [2.45, 2.75) is 30.6 Å². The third kappa shape index (κ3) is 6.56. The van der Waals surface area contributed by atoms with Crippen LogP contribution in [0.3, 0.4) is 0 Å². The number of carbonyl (C=O) groups is 2. The molecular weight excluding hydrogens is 645 g/mol. The lowest BCUT2D eigenvalue weighted by molar-refractivity contribution is -0.348. The molecule has 2 aromatic rings. The van der Waals surface area contributed by atoms with Crippen LogP contribution in [0, 0.1) is 0 Å². The van der Waals surface area contributed by atoms with Gasteiger partial charge in [-0.05, 0) is 30.3 Å². The van der Waals surface area contributed by atoms with Gasteiger partial charge in [0.15, 0.2) is 0 Å². The molecule has 0 bridgehead atoms. The summed E-state index contributed by atoms with van der Waals surface area (Å²) < 4.78 is 138. The van der Waals surface area contributed by atoms with Gasteiger partial charge in [0.05, 0.1) is 47.6 Å². The van der Waals surface area contributed by atoms with E-state index in [1.807, 2.05) is 0 Å². The number of nitrogens with one attached hydrogen (secondary N) is 1. The summed E-state index contributed by atoms with van der Waals surface area (Å²) in [6.45, 7) is 0.0708. The van der Waals surface area contributed by atoms with Crippen molar-refractivity contribution in [3.05, 3.63) is 59.2 Å². The maximum atomic E-state index is 14.3. The summed E-state index contributed by atoms with van der Waals surface area (Å²) in [5.41, 5.74) is -11.6.